The van der Waals surface area contributed by atoms with Crippen molar-refractivity contribution in [3.05, 3.63) is 41.5 Å². The number of hydrogen-bond acceptors (Lipinski definition) is 3. The van der Waals surface area contributed by atoms with Gasteiger partial charge in [-0.1, -0.05) is 24.3 Å². The number of rotatable bonds is 2. The highest BCUT2D eigenvalue weighted by Crippen LogP contribution is 2.07. The van der Waals surface area contributed by atoms with Crippen molar-refractivity contribution in [1.29, 1.82) is 5.26 Å². The van der Waals surface area contributed by atoms with Gasteiger partial charge in [0.25, 0.3) is 0 Å². The van der Waals surface area contributed by atoms with Gasteiger partial charge in [-0.2, -0.15) is 5.26 Å². The molecule has 2 rings (SSSR count). The fourth-order valence-corrected chi connectivity index (χ4v) is 1.65. The molecule has 1 aromatic rings. The Bertz CT molecular complexity index is 414. The number of nitrogens with one attached hydrogen (secondary N) is 1. The SMILES string of the molecule is N#Cc1cccc(/C=C/C2COCCN2)c1. The van der Waals surface area contributed by atoms with Crippen molar-refractivity contribution in [2.75, 3.05) is 19.8 Å². The van der Waals surface area contributed by atoms with Crippen molar-refractivity contribution in [3.8, 4) is 6.07 Å². The first-order valence-electron chi connectivity index (χ1n) is 5.38. The standard InChI is InChI=1S/C13H14N2O/c14-9-12-3-1-2-11(8-12)4-5-13-10-16-7-6-15-13/h1-5,8,13,15H,6-7,10H2/b5-4+. The highest BCUT2D eigenvalue weighted by atomic mass is 16.5. The Balaban J connectivity index is 2.02. The third kappa shape index (κ3) is 2.93. The molecule has 1 saturated heterocycles. The van der Waals surface area contributed by atoms with Gasteiger partial charge in [-0.05, 0) is 17.7 Å². The zero-order valence-corrected chi connectivity index (χ0v) is 9.02. The van der Waals surface area contributed by atoms with Gasteiger partial charge < -0.3 is 10.1 Å². The zero-order valence-electron chi connectivity index (χ0n) is 9.02. The Hall–Kier alpha value is -1.63. The molecule has 1 aliphatic rings. The first-order valence-corrected chi connectivity index (χ1v) is 5.38. The van der Waals surface area contributed by atoms with Crippen LogP contribution in [0.15, 0.2) is 30.3 Å². The van der Waals surface area contributed by atoms with Crippen molar-refractivity contribution in [1.82, 2.24) is 5.32 Å². The molecule has 0 radical (unpaired) electrons. The van der Waals surface area contributed by atoms with Crippen LogP contribution in [0, 0.1) is 11.3 Å². The lowest BCUT2D eigenvalue weighted by atomic mass is 10.1. The lowest BCUT2D eigenvalue weighted by Gasteiger charge is -2.20. The normalized spacial score (nSPS) is 20.8. The molecule has 1 fully saturated rings. The molecule has 0 spiro atoms. The summed E-state index contributed by atoms with van der Waals surface area (Å²) in [6, 6.07) is 9.97. The van der Waals surface area contributed by atoms with Crippen molar-refractivity contribution in [2.45, 2.75) is 6.04 Å². The summed E-state index contributed by atoms with van der Waals surface area (Å²) in [6.45, 7) is 2.40. The summed E-state index contributed by atoms with van der Waals surface area (Å²) in [7, 11) is 0. The quantitative estimate of drug-likeness (QED) is 0.812. The molecule has 82 valence electrons. The van der Waals surface area contributed by atoms with Gasteiger partial charge in [0.05, 0.1) is 24.8 Å². The van der Waals surface area contributed by atoms with E-state index in [9.17, 15) is 0 Å². The fourth-order valence-electron chi connectivity index (χ4n) is 1.65. The van der Waals surface area contributed by atoms with Crippen LogP contribution in [0.1, 0.15) is 11.1 Å². The van der Waals surface area contributed by atoms with E-state index < -0.39 is 0 Å². The lowest BCUT2D eigenvalue weighted by molar-refractivity contribution is 0.0903. The summed E-state index contributed by atoms with van der Waals surface area (Å²) >= 11 is 0. The number of nitriles is 1. The summed E-state index contributed by atoms with van der Waals surface area (Å²) in [4.78, 5) is 0. The molecule has 3 heteroatoms. The van der Waals surface area contributed by atoms with E-state index in [-0.39, 0.29) is 6.04 Å². The van der Waals surface area contributed by atoms with Crippen molar-refractivity contribution >= 4 is 6.08 Å². The van der Waals surface area contributed by atoms with Crippen LogP contribution >= 0.6 is 0 Å². The Morgan fingerprint density at radius 2 is 2.44 bits per heavy atom. The molecule has 1 atom stereocenters. The lowest BCUT2D eigenvalue weighted by Crippen LogP contribution is -2.39. The zero-order chi connectivity index (χ0) is 11.2. The first kappa shape index (κ1) is 10.9. The molecule has 1 aliphatic heterocycles. The molecule has 0 bridgehead atoms. The van der Waals surface area contributed by atoms with Crippen LogP contribution in [0.5, 0.6) is 0 Å². The van der Waals surface area contributed by atoms with Crippen LogP contribution in [0.2, 0.25) is 0 Å². The summed E-state index contributed by atoms with van der Waals surface area (Å²) in [5.74, 6) is 0. The third-order valence-electron chi connectivity index (χ3n) is 2.49. The number of hydrogen-bond donors (Lipinski definition) is 1. The largest absolute Gasteiger partial charge is 0.378 e. The van der Waals surface area contributed by atoms with E-state index in [1.165, 1.54) is 0 Å². The van der Waals surface area contributed by atoms with E-state index in [2.05, 4.69) is 17.5 Å². The second-order valence-corrected chi connectivity index (χ2v) is 3.73. The van der Waals surface area contributed by atoms with E-state index in [0.29, 0.717) is 12.2 Å². The van der Waals surface area contributed by atoms with Gasteiger partial charge in [0.1, 0.15) is 0 Å². The van der Waals surface area contributed by atoms with Gasteiger partial charge in [-0.25, -0.2) is 0 Å². The van der Waals surface area contributed by atoms with Gasteiger partial charge in [-0.15, -0.1) is 0 Å². The second-order valence-electron chi connectivity index (χ2n) is 3.73. The van der Waals surface area contributed by atoms with Gasteiger partial charge in [0.15, 0.2) is 0 Å². The van der Waals surface area contributed by atoms with Crippen LogP contribution < -0.4 is 5.32 Å². The topological polar surface area (TPSA) is 45.0 Å². The van der Waals surface area contributed by atoms with Crippen LogP contribution in [-0.2, 0) is 4.74 Å². The van der Waals surface area contributed by atoms with Gasteiger partial charge in [-0.3, -0.25) is 0 Å². The molecule has 0 amide bonds. The van der Waals surface area contributed by atoms with Gasteiger partial charge >= 0.3 is 0 Å². The van der Waals surface area contributed by atoms with E-state index in [1.54, 1.807) is 6.07 Å². The number of nitrogens with zero attached hydrogens (tertiary/aromatic N) is 1. The highest BCUT2D eigenvalue weighted by molar-refractivity contribution is 5.52. The Morgan fingerprint density at radius 3 is 3.19 bits per heavy atom. The molecule has 0 saturated carbocycles. The van der Waals surface area contributed by atoms with Crippen LogP contribution in [0.25, 0.3) is 6.08 Å². The van der Waals surface area contributed by atoms with E-state index in [1.807, 2.05) is 24.3 Å². The molecular formula is C13H14N2O. The Labute approximate surface area is 95.3 Å². The molecule has 16 heavy (non-hydrogen) atoms. The Morgan fingerprint density at radius 1 is 1.50 bits per heavy atom. The van der Waals surface area contributed by atoms with E-state index in [0.717, 1.165) is 18.7 Å². The van der Waals surface area contributed by atoms with Gasteiger partial charge in [0.2, 0.25) is 0 Å². The summed E-state index contributed by atoms with van der Waals surface area (Å²) in [5.41, 5.74) is 1.74. The average molecular weight is 214 g/mol. The molecule has 1 aromatic carbocycles. The molecule has 0 aliphatic carbocycles. The number of ether oxygens (including phenoxy) is 1. The fraction of sp³-hybridized carbons (Fsp3) is 0.308. The maximum atomic E-state index is 8.77. The van der Waals surface area contributed by atoms with Crippen molar-refractivity contribution in [2.24, 2.45) is 0 Å². The molecule has 1 unspecified atom stereocenters. The summed E-state index contributed by atoms with van der Waals surface area (Å²) in [5, 5.41) is 12.1. The predicted octanol–water partition coefficient (Wildman–Crippen LogP) is 1.56. The number of benzene rings is 1. The minimum atomic E-state index is 0.277. The maximum absolute atomic E-state index is 8.77. The summed E-state index contributed by atoms with van der Waals surface area (Å²) < 4.78 is 5.35. The predicted molar refractivity (Wildman–Crippen MR) is 62.8 cm³/mol. The molecule has 3 nitrogen and oxygen atoms in total. The first-order chi connectivity index (χ1) is 7.88. The van der Waals surface area contributed by atoms with Crippen LogP contribution in [-0.4, -0.2) is 25.8 Å². The minimum Gasteiger partial charge on any atom is -0.378 e. The van der Waals surface area contributed by atoms with Gasteiger partial charge in [0, 0.05) is 12.6 Å². The van der Waals surface area contributed by atoms with Crippen LogP contribution in [0.3, 0.4) is 0 Å². The third-order valence-corrected chi connectivity index (χ3v) is 2.49. The summed E-state index contributed by atoms with van der Waals surface area (Å²) in [6.07, 6.45) is 4.10. The minimum absolute atomic E-state index is 0.277. The Kier molecular flexibility index (Phi) is 3.71. The monoisotopic (exact) mass is 214 g/mol. The molecule has 0 aromatic heterocycles. The highest BCUT2D eigenvalue weighted by Gasteiger charge is 2.08. The van der Waals surface area contributed by atoms with Crippen LogP contribution in [0.4, 0.5) is 0 Å². The second kappa shape index (κ2) is 5.45. The van der Waals surface area contributed by atoms with Crippen molar-refractivity contribution in [3.63, 3.8) is 0 Å². The molecular weight excluding hydrogens is 200 g/mol. The maximum Gasteiger partial charge on any atom is 0.0991 e. The van der Waals surface area contributed by atoms with Crippen molar-refractivity contribution < 1.29 is 4.74 Å². The smallest absolute Gasteiger partial charge is 0.0991 e. The average Bonchev–Trinajstić information content (AvgIpc) is 2.38. The molecule has 1 N–H and O–H groups in total. The number of morpholine rings is 1. The van der Waals surface area contributed by atoms with E-state index >= 15 is 0 Å². The van der Waals surface area contributed by atoms with E-state index in [4.69, 9.17) is 10.00 Å². The molecule has 1 heterocycles.